The van der Waals surface area contributed by atoms with Gasteiger partial charge in [-0.05, 0) is 55.2 Å². The summed E-state index contributed by atoms with van der Waals surface area (Å²) < 4.78 is 0. The molecule has 4 heteroatoms. The van der Waals surface area contributed by atoms with E-state index in [0.29, 0.717) is 6.54 Å². The number of nitrogens with one attached hydrogen (secondary N) is 1. The van der Waals surface area contributed by atoms with E-state index in [4.69, 9.17) is 0 Å². The lowest BCUT2D eigenvalue weighted by Crippen LogP contribution is -2.28. The number of amides is 2. The van der Waals surface area contributed by atoms with Gasteiger partial charge >= 0.3 is 0 Å². The normalized spacial score (nSPS) is 17.0. The first-order valence-corrected chi connectivity index (χ1v) is 8.76. The minimum Gasteiger partial charge on any atom is -0.326 e. The highest BCUT2D eigenvalue weighted by molar-refractivity contribution is 6.03. The highest BCUT2D eigenvalue weighted by Crippen LogP contribution is 2.27. The molecule has 1 heterocycles. The number of hydrogen-bond acceptors (Lipinski definition) is 2. The van der Waals surface area contributed by atoms with Crippen LogP contribution in [0, 0.1) is 19.8 Å². The molecule has 1 unspecified atom stereocenters. The van der Waals surface area contributed by atoms with E-state index in [1.807, 2.05) is 56.3 Å². The van der Waals surface area contributed by atoms with Crippen LogP contribution in [-0.2, 0) is 16.0 Å². The Labute approximate surface area is 148 Å². The lowest BCUT2D eigenvalue weighted by molar-refractivity contribution is -0.122. The Balaban J connectivity index is 1.71. The van der Waals surface area contributed by atoms with Gasteiger partial charge in [0.15, 0.2) is 0 Å². The SMILES string of the molecule is CCc1ccc(N2CC(C(=O)Nc3cccc(C)c3C)CC2=O)cc1. The number of benzene rings is 2. The average Bonchev–Trinajstić information content (AvgIpc) is 3.01. The maximum Gasteiger partial charge on any atom is 0.229 e. The first-order valence-electron chi connectivity index (χ1n) is 8.76. The molecule has 0 aliphatic carbocycles. The number of carbonyl (C=O) groups is 2. The van der Waals surface area contributed by atoms with Gasteiger partial charge in [0.05, 0.1) is 5.92 Å². The van der Waals surface area contributed by atoms with Crippen LogP contribution in [0.3, 0.4) is 0 Å². The Morgan fingerprint density at radius 2 is 1.88 bits per heavy atom. The predicted molar refractivity (Wildman–Crippen MR) is 101 cm³/mol. The maximum atomic E-state index is 12.6. The average molecular weight is 336 g/mol. The third-order valence-electron chi connectivity index (χ3n) is 5.01. The zero-order valence-electron chi connectivity index (χ0n) is 15.0. The van der Waals surface area contributed by atoms with E-state index in [2.05, 4.69) is 12.2 Å². The molecule has 1 aliphatic heterocycles. The van der Waals surface area contributed by atoms with E-state index >= 15 is 0 Å². The second kappa shape index (κ2) is 7.09. The molecular weight excluding hydrogens is 312 g/mol. The van der Waals surface area contributed by atoms with Gasteiger partial charge in [0.1, 0.15) is 0 Å². The van der Waals surface area contributed by atoms with E-state index in [-0.39, 0.29) is 24.2 Å². The molecule has 0 saturated carbocycles. The predicted octanol–water partition coefficient (Wildman–Crippen LogP) is 3.86. The van der Waals surface area contributed by atoms with Gasteiger partial charge in [-0.1, -0.05) is 31.2 Å². The lowest BCUT2D eigenvalue weighted by Gasteiger charge is -2.17. The van der Waals surface area contributed by atoms with Gasteiger partial charge in [0, 0.05) is 24.3 Å². The second-order valence-corrected chi connectivity index (χ2v) is 6.66. The highest BCUT2D eigenvalue weighted by atomic mass is 16.2. The molecule has 3 rings (SSSR count). The summed E-state index contributed by atoms with van der Waals surface area (Å²) >= 11 is 0. The van der Waals surface area contributed by atoms with Gasteiger partial charge in [-0.25, -0.2) is 0 Å². The topological polar surface area (TPSA) is 49.4 Å². The van der Waals surface area contributed by atoms with Crippen molar-refractivity contribution < 1.29 is 9.59 Å². The third kappa shape index (κ3) is 3.58. The molecule has 1 atom stereocenters. The Kier molecular flexibility index (Phi) is 4.88. The van der Waals surface area contributed by atoms with E-state index < -0.39 is 0 Å². The van der Waals surface area contributed by atoms with Gasteiger partial charge < -0.3 is 10.2 Å². The monoisotopic (exact) mass is 336 g/mol. The van der Waals surface area contributed by atoms with Crippen molar-refractivity contribution in [1.29, 1.82) is 0 Å². The summed E-state index contributed by atoms with van der Waals surface area (Å²) in [5.41, 5.74) is 5.12. The van der Waals surface area contributed by atoms with Crippen molar-refractivity contribution >= 4 is 23.2 Å². The number of anilines is 2. The molecule has 2 aromatic rings. The molecule has 25 heavy (non-hydrogen) atoms. The lowest BCUT2D eigenvalue weighted by atomic mass is 10.1. The first kappa shape index (κ1) is 17.2. The van der Waals surface area contributed by atoms with Crippen molar-refractivity contribution in [1.82, 2.24) is 0 Å². The van der Waals surface area contributed by atoms with Crippen molar-refractivity contribution in [3.05, 3.63) is 59.2 Å². The molecule has 1 N–H and O–H groups in total. The second-order valence-electron chi connectivity index (χ2n) is 6.66. The van der Waals surface area contributed by atoms with Crippen LogP contribution in [0.2, 0.25) is 0 Å². The summed E-state index contributed by atoms with van der Waals surface area (Å²) in [6.45, 7) is 6.54. The third-order valence-corrected chi connectivity index (χ3v) is 5.01. The smallest absolute Gasteiger partial charge is 0.229 e. The van der Waals surface area contributed by atoms with Gasteiger partial charge in [0.25, 0.3) is 0 Å². The summed E-state index contributed by atoms with van der Waals surface area (Å²) in [5, 5.41) is 2.99. The van der Waals surface area contributed by atoms with Gasteiger partial charge in [-0.15, -0.1) is 0 Å². The quantitative estimate of drug-likeness (QED) is 0.922. The van der Waals surface area contributed by atoms with Crippen LogP contribution in [0.4, 0.5) is 11.4 Å². The Hall–Kier alpha value is -2.62. The number of nitrogens with zero attached hydrogens (tertiary/aromatic N) is 1. The number of rotatable bonds is 4. The van der Waals surface area contributed by atoms with Crippen LogP contribution in [0.1, 0.15) is 30.0 Å². The minimum atomic E-state index is -0.321. The highest BCUT2D eigenvalue weighted by Gasteiger charge is 2.35. The zero-order chi connectivity index (χ0) is 18.0. The molecule has 130 valence electrons. The molecular formula is C21H24N2O2. The van der Waals surface area contributed by atoms with Crippen LogP contribution in [0.5, 0.6) is 0 Å². The maximum absolute atomic E-state index is 12.6. The van der Waals surface area contributed by atoms with Crippen molar-refractivity contribution in [2.24, 2.45) is 5.92 Å². The fourth-order valence-electron chi connectivity index (χ4n) is 3.17. The first-order chi connectivity index (χ1) is 12.0. The minimum absolute atomic E-state index is 0.00497. The van der Waals surface area contributed by atoms with Crippen molar-refractivity contribution in [3.8, 4) is 0 Å². The van der Waals surface area contributed by atoms with E-state index in [1.165, 1.54) is 5.56 Å². The largest absolute Gasteiger partial charge is 0.326 e. The molecule has 1 saturated heterocycles. The molecule has 0 aromatic heterocycles. The van der Waals surface area contributed by atoms with Crippen molar-refractivity contribution in [3.63, 3.8) is 0 Å². The molecule has 0 bridgehead atoms. The zero-order valence-corrected chi connectivity index (χ0v) is 15.0. The summed E-state index contributed by atoms with van der Waals surface area (Å²) in [6.07, 6.45) is 1.22. The molecule has 1 fully saturated rings. The summed E-state index contributed by atoms with van der Waals surface area (Å²) in [5.74, 6) is -0.404. The Bertz CT molecular complexity index is 796. The van der Waals surface area contributed by atoms with E-state index in [0.717, 1.165) is 28.9 Å². The number of hydrogen-bond donors (Lipinski definition) is 1. The summed E-state index contributed by atoms with van der Waals surface area (Å²) in [4.78, 5) is 26.7. The molecule has 4 nitrogen and oxygen atoms in total. The van der Waals surface area contributed by atoms with Gasteiger partial charge in [-0.2, -0.15) is 0 Å². The van der Waals surface area contributed by atoms with E-state index in [1.54, 1.807) is 4.90 Å². The van der Waals surface area contributed by atoms with Crippen LogP contribution in [0.25, 0.3) is 0 Å². The van der Waals surface area contributed by atoms with Crippen LogP contribution in [0.15, 0.2) is 42.5 Å². The molecule has 2 amide bonds. The summed E-state index contributed by atoms with van der Waals surface area (Å²) in [6, 6.07) is 13.8. The fraction of sp³-hybridized carbons (Fsp3) is 0.333. The van der Waals surface area contributed by atoms with Crippen LogP contribution in [-0.4, -0.2) is 18.4 Å². The molecule has 0 spiro atoms. The Morgan fingerprint density at radius 3 is 2.56 bits per heavy atom. The van der Waals surface area contributed by atoms with Crippen LogP contribution < -0.4 is 10.2 Å². The summed E-state index contributed by atoms with van der Waals surface area (Å²) in [7, 11) is 0. The molecule has 0 radical (unpaired) electrons. The van der Waals surface area contributed by atoms with Gasteiger partial charge in [0.2, 0.25) is 11.8 Å². The number of aryl methyl sites for hydroxylation is 2. The van der Waals surface area contributed by atoms with Crippen molar-refractivity contribution in [2.75, 3.05) is 16.8 Å². The molecule has 1 aliphatic rings. The van der Waals surface area contributed by atoms with Crippen LogP contribution >= 0.6 is 0 Å². The van der Waals surface area contributed by atoms with E-state index in [9.17, 15) is 9.59 Å². The number of carbonyl (C=O) groups excluding carboxylic acids is 2. The van der Waals surface area contributed by atoms with Gasteiger partial charge in [-0.3, -0.25) is 9.59 Å². The fourth-order valence-corrected chi connectivity index (χ4v) is 3.17. The van der Waals surface area contributed by atoms with Crippen molar-refractivity contribution in [2.45, 2.75) is 33.6 Å². The molecule has 2 aromatic carbocycles. The standard InChI is InChI=1S/C21H24N2O2/c1-4-16-8-10-18(11-9-16)23-13-17(12-20(23)24)21(25)22-19-7-5-6-14(2)15(19)3/h5-11,17H,4,12-13H2,1-3H3,(H,22,25). The Morgan fingerprint density at radius 1 is 1.16 bits per heavy atom.